The average Bonchev–Trinajstić information content (AvgIpc) is 3.47. The van der Waals surface area contributed by atoms with Gasteiger partial charge in [-0.15, -0.1) is 11.3 Å². The van der Waals surface area contributed by atoms with Crippen molar-refractivity contribution in [2.24, 2.45) is 5.16 Å². The first-order valence-corrected chi connectivity index (χ1v) is 13.2. The highest BCUT2D eigenvalue weighted by atomic mass is 35.5. The molecule has 2 N–H and O–H groups in total. The van der Waals surface area contributed by atoms with Crippen LogP contribution in [0.4, 0.5) is 17.6 Å². The highest BCUT2D eigenvalue weighted by Crippen LogP contribution is 2.51. The highest BCUT2D eigenvalue weighted by Gasteiger charge is 2.63. The van der Waals surface area contributed by atoms with Crippen LogP contribution >= 0.6 is 22.9 Å². The molecule has 3 aliphatic rings. The van der Waals surface area contributed by atoms with Gasteiger partial charge in [0.05, 0.1) is 21.2 Å². The molecule has 0 radical (unpaired) electrons. The molecule has 1 aromatic heterocycles. The number of aromatic hydroxyl groups is 1. The van der Waals surface area contributed by atoms with Gasteiger partial charge < -0.3 is 15.3 Å². The Bertz CT molecular complexity index is 1280. The number of ketones is 1. The number of oxime groups is 1. The molecule has 12 heteroatoms. The largest absolute Gasteiger partial charge is 0.505 e. The molecule has 0 saturated heterocycles. The molecule has 0 spiro atoms. The third-order valence-corrected chi connectivity index (χ3v) is 8.83. The fourth-order valence-corrected chi connectivity index (χ4v) is 6.71. The first kappa shape index (κ1) is 26.0. The van der Waals surface area contributed by atoms with E-state index in [1.165, 1.54) is 0 Å². The minimum atomic E-state index is -4.97. The van der Waals surface area contributed by atoms with Gasteiger partial charge in [-0.25, -0.2) is 4.39 Å². The lowest BCUT2D eigenvalue weighted by atomic mass is 9.85. The maximum Gasteiger partial charge on any atom is 0.435 e. The van der Waals surface area contributed by atoms with Gasteiger partial charge in [0.15, 0.2) is 11.6 Å². The van der Waals surface area contributed by atoms with Gasteiger partial charge in [-0.05, 0) is 61.8 Å². The molecule has 37 heavy (non-hydrogen) atoms. The van der Waals surface area contributed by atoms with Crippen LogP contribution < -0.4 is 5.32 Å². The van der Waals surface area contributed by atoms with Gasteiger partial charge in [-0.2, -0.15) is 13.2 Å². The molecular formula is C25H23ClF4N2O4S. The molecule has 1 amide bonds. The Morgan fingerprint density at radius 1 is 1.16 bits per heavy atom. The summed E-state index contributed by atoms with van der Waals surface area (Å²) in [6.45, 7) is 0. The Kier molecular flexibility index (Phi) is 6.72. The van der Waals surface area contributed by atoms with Crippen molar-refractivity contribution in [1.29, 1.82) is 0 Å². The number of carbonyl (C=O) groups is 2. The fourth-order valence-electron chi connectivity index (χ4n) is 5.22. The third-order valence-electron chi connectivity index (χ3n) is 7.23. The number of benzene rings is 1. The van der Waals surface area contributed by atoms with E-state index in [1.54, 1.807) is 0 Å². The molecule has 198 valence electrons. The normalized spacial score (nSPS) is 22.4. The van der Waals surface area contributed by atoms with Crippen molar-refractivity contribution >= 4 is 40.3 Å². The van der Waals surface area contributed by atoms with Gasteiger partial charge in [0, 0.05) is 24.4 Å². The predicted octanol–water partition coefficient (Wildman–Crippen LogP) is 5.95. The topological polar surface area (TPSA) is 88.0 Å². The molecule has 6 nitrogen and oxygen atoms in total. The van der Waals surface area contributed by atoms with E-state index in [1.807, 2.05) is 0 Å². The van der Waals surface area contributed by atoms with Crippen LogP contribution in [-0.2, 0) is 28.1 Å². The third kappa shape index (κ3) is 4.60. The summed E-state index contributed by atoms with van der Waals surface area (Å²) >= 11 is 6.82. The summed E-state index contributed by atoms with van der Waals surface area (Å²) in [5.41, 5.74) is -1.91. The maximum atomic E-state index is 14.4. The van der Waals surface area contributed by atoms with E-state index in [-0.39, 0.29) is 23.4 Å². The highest BCUT2D eigenvalue weighted by molar-refractivity contribution is 7.16. The number of nitrogens with zero attached hydrogens (tertiary/aromatic N) is 1. The average molecular weight is 559 g/mol. The predicted molar refractivity (Wildman–Crippen MR) is 129 cm³/mol. The van der Waals surface area contributed by atoms with E-state index in [9.17, 15) is 32.3 Å². The van der Waals surface area contributed by atoms with Gasteiger partial charge in [-0.3, -0.25) is 9.59 Å². The molecule has 2 heterocycles. The van der Waals surface area contributed by atoms with Crippen LogP contribution in [0.15, 0.2) is 17.3 Å². The van der Waals surface area contributed by atoms with Gasteiger partial charge in [-0.1, -0.05) is 16.8 Å². The second kappa shape index (κ2) is 9.58. The summed E-state index contributed by atoms with van der Waals surface area (Å²) < 4.78 is 57.1. The van der Waals surface area contributed by atoms with Crippen LogP contribution in [-0.4, -0.2) is 34.7 Å². The Morgan fingerprint density at radius 3 is 2.49 bits per heavy atom. The van der Waals surface area contributed by atoms with Crippen molar-refractivity contribution in [3.8, 4) is 5.75 Å². The van der Waals surface area contributed by atoms with Crippen molar-refractivity contribution in [2.45, 2.75) is 75.6 Å². The number of amides is 1. The molecule has 1 atom stereocenters. The molecule has 1 fully saturated rings. The zero-order chi connectivity index (χ0) is 26.5. The van der Waals surface area contributed by atoms with Crippen LogP contribution in [0.1, 0.15) is 76.2 Å². The Balaban J connectivity index is 1.48. The van der Waals surface area contributed by atoms with Crippen molar-refractivity contribution in [3.63, 3.8) is 0 Å². The van der Waals surface area contributed by atoms with Crippen LogP contribution in [0, 0.1) is 5.82 Å². The fraction of sp³-hybridized carbons (Fsp3) is 0.480. The summed E-state index contributed by atoms with van der Waals surface area (Å²) in [7, 11) is 0. The van der Waals surface area contributed by atoms with E-state index >= 15 is 0 Å². The SMILES string of the molecule is O=C1CCC(NC(=O)c2sc(C3=NOC(c4cc(O)c(F)c(Cl)c4)(C(F)(F)F)C3)c3c2CCCC3)CC1. The molecule has 2 aliphatic carbocycles. The summed E-state index contributed by atoms with van der Waals surface area (Å²) in [5, 5.41) is 15.9. The van der Waals surface area contributed by atoms with Gasteiger partial charge >= 0.3 is 6.18 Å². The van der Waals surface area contributed by atoms with Crippen LogP contribution in [0.5, 0.6) is 5.75 Å². The number of nitrogens with one attached hydrogen (secondary N) is 1. The Hall–Kier alpha value is -2.66. The van der Waals surface area contributed by atoms with E-state index in [0.29, 0.717) is 54.3 Å². The number of hydrogen-bond acceptors (Lipinski definition) is 6. The lowest BCUT2D eigenvalue weighted by Gasteiger charge is -2.29. The quantitative estimate of drug-likeness (QED) is 0.454. The van der Waals surface area contributed by atoms with Crippen LogP contribution in [0.2, 0.25) is 5.02 Å². The summed E-state index contributed by atoms with van der Waals surface area (Å²) in [6, 6.07) is 1.29. The number of hydrogen-bond donors (Lipinski definition) is 2. The molecule has 1 saturated carbocycles. The molecule has 0 bridgehead atoms. The molecule has 1 aromatic carbocycles. The van der Waals surface area contributed by atoms with Crippen molar-refractivity contribution in [2.75, 3.05) is 0 Å². The monoisotopic (exact) mass is 558 g/mol. The summed E-state index contributed by atoms with van der Waals surface area (Å²) in [6.07, 6.45) is -0.860. The number of Topliss-reactive ketones (excluding diaryl/α,β-unsaturated/α-hetero) is 1. The number of thiophene rings is 1. The lowest BCUT2D eigenvalue weighted by Crippen LogP contribution is -2.42. The van der Waals surface area contributed by atoms with Gasteiger partial charge in [0.1, 0.15) is 11.5 Å². The number of rotatable bonds is 4. The molecule has 1 aliphatic heterocycles. The van der Waals surface area contributed by atoms with E-state index in [2.05, 4.69) is 10.5 Å². The number of alkyl halides is 3. The maximum absolute atomic E-state index is 14.4. The minimum Gasteiger partial charge on any atom is -0.505 e. The zero-order valence-corrected chi connectivity index (χ0v) is 21.1. The van der Waals surface area contributed by atoms with Gasteiger partial charge in [0.2, 0.25) is 0 Å². The van der Waals surface area contributed by atoms with Crippen LogP contribution in [0.3, 0.4) is 0 Å². The first-order chi connectivity index (χ1) is 17.5. The molecule has 5 rings (SSSR count). The Labute approximate surface area is 218 Å². The number of fused-ring (bicyclic) bond motifs is 1. The smallest absolute Gasteiger partial charge is 0.435 e. The zero-order valence-electron chi connectivity index (χ0n) is 19.5. The van der Waals surface area contributed by atoms with Gasteiger partial charge in [0.25, 0.3) is 11.5 Å². The van der Waals surface area contributed by atoms with E-state index in [4.69, 9.17) is 16.4 Å². The molecule has 2 aromatic rings. The Morgan fingerprint density at radius 2 is 1.84 bits per heavy atom. The van der Waals surface area contributed by atoms with E-state index < -0.39 is 40.4 Å². The number of carbonyl (C=O) groups excluding carboxylic acids is 2. The summed E-state index contributed by atoms with van der Waals surface area (Å²) in [5.74, 6) is -2.39. The second-order valence-corrected chi connectivity index (χ2v) is 11.1. The van der Waals surface area contributed by atoms with Crippen LogP contribution in [0.25, 0.3) is 0 Å². The standard InChI is InChI=1S/C25H23ClF4N2O4S/c26-17-9-12(10-19(34)20(17)27)24(25(28,29)30)11-18(32-36-24)21-15-3-1-2-4-16(15)22(37-21)23(35)31-13-5-7-14(33)8-6-13/h9-10,13,34H,1-8,11H2,(H,31,35). The number of halogens is 5. The second-order valence-electron chi connectivity index (χ2n) is 9.63. The number of phenols is 1. The molecular weight excluding hydrogens is 536 g/mol. The number of phenolic OH excluding ortho intramolecular Hbond substituents is 1. The minimum absolute atomic E-state index is 0.0303. The summed E-state index contributed by atoms with van der Waals surface area (Å²) in [4.78, 5) is 30.7. The lowest BCUT2D eigenvalue weighted by molar-refractivity contribution is -0.275. The van der Waals surface area contributed by atoms with Crippen molar-refractivity contribution in [3.05, 3.63) is 49.4 Å². The van der Waals surface area contributed by atoms with E-state index in [0.717, 1.165) is 41.4 Å². The van der Waals surface area contributed by atoms with Crippen molar-refractivity contribution in [1.82, 2.24) is 5.32 Å². The molecule has 1 unspecified atom stereocenters. The van der Waals surface area contributed by atoms with Crippen molar-refractivity contribution < 1.29 is 37.1 Å². The first-order valence-electron chi connectivity index (χ1n) is 12.0.